The first-order chi connectivity index (χ1) is 8.84. The first-order valence-electron chi connectivity index (χ1n) is 5.93. The van der Waals surface area contributed by atoms with Crippen molar-refractivity contribution >= 4 is 21.6 Å². The maximum Gasteiger partial charge on any atom is 0.0351 e. The van der Waals surface area contributed by atoms with Gasteiger partial charge in [-0.05, 0) is 29.8 Å². The molecule has 0 fully saturated rings. The highest BCUT2D eigenvalue weighted by Gasteiger charge is 1.93. The van der Waals surface area contributed by atoms with E-state index in [0.29, 0.717) is 0 Å². The standard InChI is InChI=1S/C14H16BrN3/c15-13-4-1-5-14(9-13)18-8-7-17-11-12-3-2-6-16-10-12/h1-6,9-10,17-18H,7-8,11H2. The Morgan fingerprint density at radius 3 is 2.83 bits per heavy atom. The fourth-order valence-electron chi connectivity index (χ4n) is 1.63. The summed E-state index contributed by atoms with van der Waals surface area (Å²) in [6, 6.07) is 12.2. The van der Waals surface area contributed by atoms with E-state index in [-0.39, 0.29) is 0 Å². The minimum atomic E-state index is 0.855. The van der Waals surface area contributed by atoms with E-state index in [2.05, 4.69) is 49.7 Å². The predicted molar refractivity (Wildman–Crippen MR) is 78.6 cm³/mol. The molecule has 0 aliphatic rings. The van der Waals surface area contributed by atoms with Crippen molar-refractivity contribution in [2.45, 2.75) is 6.54 Å². The number of nitrogens with one attached hydrogen (secondary N) is 2. The van der Waals surface area contributed by atoms with Crippen LogP contribution in [0.5, 0.6) is 0 Å². The number of anilines is 1. The molecule has 0 bridgehead atoms. The van der Waals surface area contributed by atoms with Crippen LogP contribution in [-0.2, 0) is 6.54 Å². The molecule has 1 heterocycles. The van der Waals surface area contributed by atoms with Crippen molar-refractivity contribution in [1.82, 2.24) is 10.3 Å². The van der Waals surface area contributed by atoms with Gasteiger partial charge in [-0.1, -0.05) is 28.1 Å². The van der Waals surface area contributed by atoms with E-state index in [9.17, 15) is 0 Å². The Balaban J connectivity index is 1.65. The molecule has 94 valence electrons. The number of aromatic nitrogens is 1. The summed E-state index contributed by atoms with van der Waals surface area (Å²) >= 11 is 3.45. The zero-order valence-corrected chi connectivity index (χ0v) is 11.7. The number of nitrogens with zero attached hydrogens (tertiary/aromatic N) is 1. The Kier molecular flexibility index (Phi) is 5.17. The Hall–Kier alpha value is -1.39. The first kappa shape index (κ1) is 13.1. The van der Waals surface area contributed by atoms with E-state index in [0.717, 1.165) is 29.8 Å². The molecular weight excluding hydrogens is 290 g/mol. The van der Waals surface area contributed by atoms with Crippen LogP contribution in [0.3, 0.4) is 0 Å². The van der Waals surface area contributed by atoms with Crippen LogP contribution in [0.4, 0.5) is 5.69 Å². The van der Waals surface area contributed by atoms with Crippen molar-refractivity contribution in [2.24, 2.45) is 0 Å². The summed E-state index contributed by atoms with van der Waals surface area (Å²) < 4.78 is 1.09. The lowest BCUT2D eigenvalue weighted by molar-refractivity contribution is 0.705. The number of pyridine rings is 1. The molecule has 0 aliphatic carbocycles. The smallest absolute Gasteiger partial charge is 0.0351 e. The monoisotopic (exact) mass is 305 g/mol. The first-order valence-corrected chi connectivity index (χ1v) is 6.73. The second kappa shape index (κ2) is 7.13. The zero-order valence-electron chi connectivity index (χ0n) is 10.1. The highest BCUT2D eigenvalue weighted by atomic mass is 79.9. The summed E-state index contributed by atoms with van der Waals surface area (Å²) in [6.07, 6.45) is 3.67. The lowest BCUT2D eigenvalue weighted by Gasteiger charge is -2.08. The normalized spacial score (nSPS) is 10.3. The van der Waals surface area contributed by atoms with Gasteiger partial charge in [-0.15, -0.1) is 0 Å². The minimum Gasteiger partial charge on any atom is -0.384 e. The molecule has 0 radical (unpaired) electrons. The third kappa shape index (κ3) is 4.47. The summed E-state index contributed by atoms with van der Waals surface area (Å²) in [5, 5.41) is 6.74. The molecule has 2 aromatic rings. The fraction of sp³-hybridized carbons (Fsp3) is 0.214. The number of halogens is 1. The lowest BCUT2D eigenvalue weighted by Crippen LogP contribution is -2.21. The quantitative estimate of drug-likeness (QED) is 0.806. The van der Waals surface area contributed by atoms with E-state index < -0.39 is 0 Å². The average molecular weight is 306 g/mol. The van der Waals surface area contributed by atoms with E-state index in [1.54, 1.807) is 6.20 Å². The van der Waals surface area contributed by atoms with Gasteiger partial charge in [0.2, 0.25) is 0 Å². The van der Waals surface area contributed by atoms with Crippen LogP contribution >= 0.6 is 15.9 Å². The van der Waals surface area contributed by atoms with Crippen LogP contribution in [0.2, 0.25) is 0 Å². The Morgan fingerprint density at radius 2 is 2.06 bits per heavy atom. The maximum absolute atomic E-state index is 4.08. The molecule has 0 atom stereocenters. The van der Waals surface area contributed by atoms with E-state index in [4.69, 9.17) is 0 Å². The Morgan fingerprint density at radius 1 is 1.11 bits per heavy atom. The summed E-state index contributed by atoms with van der Waals surface area (Å²) in [4.78, 5) is 4.08. The van der Waals surface area contributed by atoms with Crippen molar-refractivity contribution in [3.05, 3.63) is 58.8 Å². The SMILES string of the molecule is Brc1cccc(NCCNCc2cccnc2)c1. The summed E-state index contributed by atoms with van der Waals surface area (Å²) in [5.41, 5.74) is 2.34. The summed E-state index contributed by atoms with van der Waals surface area (Å²) in [6.45, 7) is 2.67. The van der Waals surface area contributed by atoms with Crippen molar-refractivity contribution in [3.63, 3.8) is 0 Å². The van der Waals surface area contributed by atoms with E-state index in [1.165, 1.54) is 5.56 Å². The van der Waals surface area contributed by atoms with Crippen molar-refractivity contribution < 1.29 is 0 Å². The van der Waals surface area contributed by atoms with Crippen molar-refractivity contribution in [1.29, 1.82) is 0 Å². The minimum absolute atomic E-state index is 0.855. The summed E-state index contributed by atoms with van der Waals surface area (Å²) in [7, 11) is 0. The molecule has 1 aromatic carbocycles. The topological polar surface area (TPSA) is 37.0 Å². The molecule has 4 heteroatoms. The second-order valence-corrected chi connectivity index (χ2v) is 4.89. The van der Waals surface area contributed by atoms with Crippen molar-refractivity contribution in [2.75, 3.05) is 18.4 Å². The molecule has 3 nitrogen and oxygen atoms in total. The molecule has 0 amide bonds. The molecule has 0 spiro atoms. The average Bonchev–Trinajstić information content (AvgIpc) is 2.40. The van der Waals surface area contributed by atoms with Gasteiger partial charge in [-0.25, -0.2) is 0 Å². The Bertz CT molecular complexity index is 473. The molecule has 0 saturated heterocycles. The number of rotatable bonds is 6. The van der Waals surface area contributed by atoms with Crippen LogP contribution in [0, 0.1) is 0 Å². The molecule has 1 aromatic heterocycles. The van der Waals surface area contributed by atoms with Gasteiger partial charge in [0.15, 0.2) is 0 Å². The van der Waals surface area contributed by atoms with Crippen molar-refractivity contribution in [3.8, 4) is 0 Å². The van der Waals surface area contributed by atoms with Gasteiger partial charge in [-0.2, -0.15) is 0 Å². The van der Waals surface area contributed by atoms with Gasteiger partial charge in [0.05, 0.1) is 0 Å². The maximum atomic E-state index is 4.08. The Labute approximate surface area is 116 Å². The van der Waals surface area contributed by atoms with Gasteiger partial charge < -0.3 is 10.6 Å². The van der Waals surface area contributed by atoms with E-state index >= 15 is 0 Å². The fourth-order valence-corrected chi connectivity index (χ4v) is 2.03. The van der Waals surface area contributed by atoms with Crippen LogP contribution in [0.1, 0.15) is 5.56 Å². The van der Waals surface area contributed by atoms with Crippen LogP contribution in [-0.4, -0.2) is 18.1 Å². The van der Waals surface area contributed by atoms with Crippen LogP contribution in [0.25, 0.3) is 0 Å². The van der Waals surface area contributed by atoms with Crippen LogP contribution in [0.15, 0.2) is 53.3 Å². The van der Waals surface area contributed by atoms with Gasteiger partial charge in [0.1, 0.15) is 0 Å². The number of benzene rings is 1. The number of hydrogen-bond acceptors (Lipinski definition) is 3. The van der Waals surface area contributed by atoms with Crippen LogP contribution < -0.4 is 10.6 Å². The lowest BCUT2D eigenvalue weighted by atomic mass is 10.3. The molecule has 18 heavy (non-hydrogen) atoms. The second-order valence-electron chi connectivity index (χ2n) is 3.98. The largest absolute Gasteiger partial charge is 0.384 e. The van der Waals surface area contributed by atoms with E-state index in [1.807, 2.05) is 24.4 Å². The summed E-state index contributed by atoms with van der Waals surface area (Å²) in [5.74, 6) is 0. The molecule has 0 saturated carbocycles. The molecule has 2 N–H and O–H groups in total. The molecule has 0 unspecified atom stereocenters. The highest BCUT2D eigenvalue weighted by Crippen LogP contribution is 2.14. The number of hydrogen-bond donors (Lipinski definition) is 2. The van der Waals surface area contributed by atoms with Gasteiger partial charge >= 0.3 is 0 Å². The third-order valence-electron chi connectivity index (χ3n) is 2.51. The van der Waals surface area contributed by atoms with Gasteiger partial charge in [0, 0.05) is 42.2 Å². The zero-order chi connectivity index (χ0) is 12.6. The molecule has 2 rings (SSSR count). The van der Waals surface area contributed by atoms with Gasteiger partial charge in [-0.3, -0.25) is 4.98 Å². The third-order valence-corrected chi connectivity index (χ3v) is 3.00. The van der Waals surface area contributed by atoms with Gasteiger partial charge in [0.25, 0.3) is 0 Å². The molecular formula is C14H16BrN3. The molecule has 0 aliphatic heterocycles. The predicted octanol–water partition coefficient (Wildman–Crippen LogP) is 3.05. The highest BCUT2D eigenvalue weighted by molar-refractivity contribution is 9.10.